The lowest BCUT2D eigenvalue weighted by Gasteiger charge is -2.22. The minimum atomic E-state index is -3.34. The molecule has 0 radical (unpaired) electrons. The third-order valence-corrected chi connectivity index (χ3v) is 5.69. The van der Waals surface area contributed by atoms with E-state index < -0.39 is 21.0 Å². The number of aryl methyl sites for hydroxylation is 1. The average Bonchev–Trinajstić information content (AvgIpc) is 2.33. The molecule has 0 bridgehead atoms. The number of hydrogen-bond donors (Lipinski definition) is 1. The van der Waals surface area contributed by atoms with Gasteiger partial charge in [-0.1, -0.05) is 18.0 Å². The van der Waals surface area contributed by atoms with Crippen LogP contribution in [0.15, 0.2) is 12.3 Å². The monoisotopic (exact) mass is 302 g/mol. The lowest BCUT2D eigenvalue weighted by atomic mass is 10.1. The normalized spacial score (nSPS) is 21.9. The molecule has 1 saturated heterocycles. The summed E-state index contributed by atoms with van der Waals surface area (Å²) in [5.41, 5.74) is 1.14. The van der Waals surface area contributed by atoms with Gasteiger partial charge in [0, 0.05) is 6.20 Å². The molecule has 0 spiro atoms. The summed E-state index contributed by atoms with van der Waals surface area (Å²) in [6.45, 7) is 1.78. The zero-order chi connectivity index (χ0) is 14.0. The van der Waals surface area contributed by atoms with E-state index >= 15 is 0 Å². The number of amides is 1. The Morgan fingerprint density at radius 1 is 1.47 bits per heavy atom. The molecule has 1 aromatic heterocycles. The maximum Gasteiger partial charge on any atom is 0.242 e. The number of aromatic nitrogens is 1. The molecule has 1 atom stereocenters. The van der Waals surface area contributed by atoms with Crippen LogP contribution in [0.1, 0.15) is 24.8 Å². The van der Waals surface area contributed by atoms with Crippen molar-refractivity contribution >= 4 is 33.0 Å². The summed E-state index contributed by atoms with van der Waals surface area (Å²) in [6.07, 6.45) is 3.27. The highest BCUT2D eigenvalue weighted by atomic mass is 35.5. The molecule has 0 saturated carbocycles. The maximum atomic E-state index is 12.1. The Balaban J connectivity index is 2.22. The molecular formula is C12H15ClN2O3S. The van der Waals surface area contributed by atoms with Crippen LogP contribution >= 0.6 is 11.6 Å². The number of pyridine rings is 1. The number of carbonyl (C=O) groups excluding carboxylic acids is 1. The van der Waals surface area contributed by atoms with Crippen molar-refractivity contribution in [2.75, 3.05) is 11.1 Å². The first-order valence-electron chi connectivity index (χ1n) is 6.05. The van der Waals surface area contributed by atoms with Gasteiger partial charge in [0.05, 0.1) is 11.4 Å². The molecule has 1 fully saturated rings. The average molecular weight is 303 g/mol. The molecule has 7 heteroatoms. The fourth-order valence-corrected chi connectivity index (χ4v) is 4.18. The van der Waals surface area contributed by atoms with E-state index in [0.29, 0.717) is 18.5 Å². The smallest absolute Gasteiger partial charge is 0.242 e. The van der Waals surface area contributed by atoms with Gasteiger partial charge in [-0.2, -0.15) is 0 Å². The maximum absolute atomic E-state index is 12.1. The molecule has 0 aromatic carbocycles. The van der Waals surface area contributed by atoms with Gasteiger partial charge in [-0.25, -0.2) is 13.4 Å². The number of rotatable bonds is 2. The molecule has 0 aliphatic carbocycles. The summed E-state index contributed by atoms with van der Waals surface area (Å²) in [5, 5.41) is 1.78. The third-order valence-electron chi connectivity index (χ3n) is 3.23. The van der Waals surface area contributed by atoms with E-state index in [0.717, 1.165) is 12.0 Å². The molecule has 1 aliphatic rings. The van der Waals surface area contributed by atoms with Crippen LogP contribution < -0.4 is 5.32 Å². The molecule has 19 heavy (non-hydrogen) atoms. The predicted molar refractivity (Wildman–Crippen MR) is 74.0 cm³/mol. The second-order valence-electron chi connectivity index (χ2n) is 4.63. The van der Waals surface area contributed by atoms with E-state index in [-0.39, 0.29) is 10.9 Å². The quantitative estimate of drug-likeness (QED) is 0.847. The van der Waals surface area contributed by atoms with E-state index in [9.17, 15) is 13.2 Å². The van der Waals surface area contributed by atoms with Crippen molar-refractivity contribution in [3.05, 3.63) is 23.0 Å². The Morgan fingerprint density at radius 3 is 2.84 bits per heavy atom. The second kappa shape index (κ2) is 5.46. The van der Waals surface area contributed by atoms with E-state index in [4.69, 9.17) is 11.6 Å². The first-order chi connectivity index (χ1) is 8.92. The van der Waals surface area contributed by atoms with Crippen molar-refractivity contribution in [2.45, 2.75) is 31.4 Å². The first kappa shape index (κ1) is 14.3. The molecule has 1 aliphatic heterocycles. The molecule has 1 amide bonds. The fraction of sp³-hybridized carbons (Fsp3) is 0.500. The number of nitrogens with zero attached hydrogens (tertiary/aromatic N) is 1. The van der Waals surface area contributed by atoms with Gasteiger partial charge in [0.25, 0.3) is 0 Å². The zero-order valence-electron chi connectivity index (χ0n) is 10.5. The van der Waals surface area contributed by atoms with Gasteiger partial charge in [0.1, 0.15) is 5.25 Å². The number of hydrogen-bond acceptors (Lipinski definition) is 4. The van der Waals surface area contributed by atoms with Gasteiger partial charge in [0.15, 0.2) is 15.0 Å². The minimum Gasteiger partial charge on any atom is -0.322 e. The van der Waals surface area contributed by atoms with E-state index in [1.165, 1.54) is 6.20 Å². The Morgan fingerprint density at radius 2 is 2.21 bits per heavy atom. The second-order valence-corrected chi connectivity index (χ2v) is 7.30. The van der Waals surface area contributed by atoms with Crippen molar-refractivity contribution in [3.63, 3.8) is 0 Å². The van der Waals surface area contributed by atoms with Gasteiger partial charge in [-0.15, -0.1) is 0 Å². The van der Waals surface area contributed by atoms with Crippen molar-refractivity contribution in [1.82, 2.24) is 4.98 Å². The Labute approximate surface area is 117 Å². The first-order valence-corrected chi connectivity index (χ1v) is 8.14. The standard InChI is InChI=1S/C12H15ClN2O3S/c1-8-5-6-14-11(13)10(8)15-12(16)9-4-2-3-7-19(9,17)18/h5-6,9H,2-4,7H2,1H3,(H,15,16). The van der Waals surface area contributed by atoms with Crippen molar-refractivity contribution < 1.29 is 13.2 Å². The molecule has 5 nitrogen and oxygen atoms in total. The number of halogens is 1. The van der Waals surface area contributed by atoms with Crippen LogP contribution in [0.5, 0.6) is 0 Å². The minimum absolute atomic E-state index is 0.0742. The van der Waals surface area contributed by atoms with E-state index in [1.54, 1.807) is 13.0 Å². The zero-order valence-corrected chi connectivity index (χ0v) is 12.1. The molecule has 104 valence electrons. The van der Waals surface area contributed by atoms with Gasteiger partial charge in [0.2, 0.25) is 5.91 Å². The van der Waals surface area contributed by atoms with Gasteiger partial charge < -0.3 is 5.32 Å². The molecule has 1 N–H and O–H groups in total. The van der Waals surface area contributed by atoms with Crippen molar-refractivity contribution in [2.24, 2.45) is 0 Å². The molecule has 1 aromatic rings. The van der Waals surface area contributed by atoms with Crippen LogP contribution in [0.4, 0.5) is 5.69 Å². The highest BCUT2D eigenvalue weighted by Gasteiger charge is 2.35. The third kappa shape index (κ3) is 3.06. The SMILES string of the molecule is Cc1ccnc(Cl)c1NC(=O)C1CCCCS1(=O)=O. The van der Waals surface area contributed by atoms with E-state index in [2.05, 4.69) is 10.3 Å². The highest BCUT2D eigenvalue weighted by Crippen LogP contribution is 2.25. The Kier molecular flexibility index (Phi) is 4.10. The molecular weight excluding hydrogens is 288 g/mol. The van der Waals surface area contributed by atoms with Crippen LogP contribution in [0.3, 0.4) is 0 Å². The topological polar surface area (TPSA) is 76.1 Å². The summed E-state index contributed by atoms with van der Waals surface area (Å²) >= 11 is 5.91. The van der Waals surface area contributed by atoms with Crippen molar-refractivity contribution in [1.29, 1.82) is 0 Å². The number of anilines is 1. The number of sulfone groups is 1. The predicted octanol–water partition coefficient (Wildman–Crippen LogP) is 1.95. The van der Waals surface area contributed by atoms with Gasteiger partial charge >= 0.3 is 0 Å². The van der Waals surface area contributed by atoms with Crippen LogP contribution in [0.25, 0.3) is 0 Å². The van der Waals surface area contributed by atoms with Crippen LogP contribution in [0, 0.1) is 6.92 Å². The number of carbonyl (C=O) groups is 1. The van der Waals surface area contributed by atoms with Gasteiger partial charge in [-0.05, 0) is 31.4 Å². The summed E-state index contributed by atoms with van der Waals surface area (Å²) in [7, 11) is -3.34. The summed E-state index contributed by atoms with van der Waals surface area (Å²) in [4.78, 5) is 16.0. The van der Waals surface area contributed by atoms with Crippen molar-refractivity contribution in [3.8, 4) is 0 Å². The molecule has 1 unspecified atom stereocenters. The Hall–Kier alpha value is -1.14. The summed E-state index contributed by atoms with van der Waals surface area (Å²) < 4.78 is 23.7. The van der Waals surface area contributed by atoms with Crippen LogP contribution in [-0.4, -0.2) is 30.3 Å². The molecule has 2 rings (SSSR count). The van der Waals surface area contributed by atoms with Crippen LogP contribution in [-0.2, 0) is 14.6 Å². The summed E-state index contributed by atoms with van der Waals surface area (Å²) in [5.74, 6) is -0.442. The lowest BCUT2D eigenvalue weighted by molar-refractivity contribution is -0.116. The highest BCUT2D eigenvalue weighted by molar-refractivity contribution is 7.92. The fourth-order valence-electron chi connectivity index (χ4n) is 2.13. The Bertz CT molecular complexity index is 581. The molecule has 2 heterocycles. The van der Waals surface area contributed by atoms with E-state index in [1.807, 2.05) is 0 Å². The number of nitrogens with one attached hydrogen (secondary N) is 1. The largest absolute Gasteiger partial charge is 0.322 e. The summed E-state index contributed by atoms with van der Waals surface area (Å²) in [6, 6.07) is 1.71. The lowest BCUT2D eigenvalue weighted by Crippen LogP contribution is -2.39. The van der Waals surface area contributed by atoms with Crippen LogP contribution in [0.2, 0.25) is 5.15 Å². The van der Waals surface area contributed by atoms with Gasteiger partial charge in [-0.3, -0.25) is 4.79 Å².